The zero-order chi connectivity index (χ0) is 12.8. The van der Waals surface area contributed by atoms with E-state index < -0.39 is 5.82 Å². The van der Waals surface area contributed by atoms with Gasteiger partial charge in [0.2, 0.25) is 5.91 Å². The standard InChI is InChI=1S/C13H18FN3O/c14-11-4-5-12(16-9-11)17-13(18)6-3-10-2-1-7-15-8-10/h4-5,9-10,15H,1-3,6-8H2,(H,16,17,18). The summed E-state index contributed by atoms with van der Waals surface area (Å²) in [4.78, 5) is 15.5. The summed E-state index contributed by atoms with van der Waals surface area (Å²) >= 11 is 0. The molecule has 0 spiro atoms. The number of piperidine rings is 1. The fourth-order valence-corrected chi connectivity index (χ4v) is 2.16. The van der Waals surface area contributed by atoms with Gasteiger partial charge in [-0.1, -0.05) is 0 Å². The molecule has 1 aliphatic heterocycles. The average molecular weight is 251 g/mol. The number of nitrogens with zero attached hydrogens (tertiary/aromatic N) is 1. The Kier molecular flexibility index (Phi) is 4.64. The first kappa shape index (κ1) is 13.0. The predicted octanol–water partition coefficient (Wildman–Crippen LogP) is 1.94. The number of hydrogen-bond donors (Lipinski definition) is 2. The molecule has 1 aliphatic rings. The van der Waals surface area contributed by atoms with Crippen molar-refractivity contribution in [1.29, 1.82) is 0 Å². The van der Waals surface area contributed by atoms with E-state index in [4.69, 9.17) is 0 Å². The minimum Gasteiger partial charge on any atom is -0.316 e. The second-order valence-corrected chi connectivity index (χ2v) is 4.66. The third-order valence-electron chi connectivity index (χ3n) is 3.17. The van der Waals surface area contributed by atoms with Gasteiger partial charge in [0.25, 0.3) is 0 Å². The molecular weight excluding hydrogens is 233 g/mol. The van der Waals surface area contributed by atoms with Crippen molar-refractivity contribution in [3.05, 3.63) is 24.1 Å². The second kappa shape index (κ2) is 6.44. The first-order valence-electron chi connectivity index (χ1n) is 6.36. The molecule has 0 saturated carbocycles. The van der Waals surface area contributed by atoms with Gasteiger partial charge < -0.3 is 10.6 Å². The Morgan fingerprint density at radius 2 is 2.44 bits per heavy atom. The van der Waals surface area contributed by atoms with E-state index in [1.54, 1.807) is 0 Å². The summed E-state index contributed by atoms with van der Waals surface area (Å²) in [5, 5.41) is 6.00. The quantitative estimate of drug-likeness (QED) is 0.859. The SMILES string of the molecule is O=C(CCC1CCCNC1)Nc1ccc(F)cn1. The first-order valence-corrected chi connectivity index (χ1v) is 6.36. The molecule has 0 aliphatic carbocycles. The normalized spacial score (nSPS) is 19.5. The Morgan fingerprint density at radius 3 is 3.11 bits per heavy atom. The number of rotatable bonds is 4. The first-order chi connectivity index (χ1) is 8.74. The zero-order valence-electron chi connectivity index (χ0n) is 10.3. The average Bonchev–Trinajstić information content (AvgIpc) is 2.40. The van der Waals surface area contributed by atoms with Gasteiger partial charge in [-0.2, -0.15) is 0 Å². The number of carbonyl (C=O) groups is 1. The van der Waals surface area contributed by atoms with Gasteiger partial charge >= 0.3 is 0 Å². The highest BCUT2D eigenvalue weighted by molar-refractivity contribution is 5.89. The summed E-state index contributed by atoms with van der Waals surface area (Å²) in [5.74, 6) is 0.537. The van der Waals surface area contributed by atoms with Crippen LogP contribution in [0.4, 0.5) is 10.2 Å². The van der Waals surface area contributed by atoms with Crippen molar-refractivity contribution in [2.45, 2.75) is 25.7 Å². The molecule has 18 heavy (non-hydrogen) atoms. The van der Waals surface area contributed by atoms with Gasteiger partial charge in [0.05, 0.1) is 6.20 Å². The molecule has 0 radical (unpaired) electrons. The van der Waals surface area contributed by atoms with E-state index in [2.05, 4.69) is 15.6 Å². The monoisotopic (exact) mass is 251 g/mol. The van der Waals surface area contributed by atoms with Gasteiger partial charge in [-0.15, -0.1) is 0 Å². The van der Waals surface area contributed by atoms with Gasteiger partial charge in [0.1, 0.15) is 11.6 Å². The Bertz CT molecular complexity index is 388. The number of pyridine rings is 1. The molecular formula is C13H18FN3O. The molecule has 1 aromatic rings. The summed E-state index contributed by atoms with van der Waals surface area (Å²) in [7, 11) is 0. The molecule has 5 heteroatoms. The summed E-state index contributed by atoms with van der Waals surface area (Å²) in [5.41, 5.74) is 0. The molecule has 4 nitrogen and oxygen atoms in total. The van der Waals surface area contributed by atoms with Gasteiger partial charge in [-0.3, -0.25) is 4.79 Å². The van der Waals surface area contributed by atoms with Crippen molar-refractivity contribution in [2.24, 2.45) is 5.92 Å². The van der Waals surface area contributed by atoms with E-state index in [1.807, 2.05) is 0 Å². The summed E-state index contributed by atoms with van der Waals surface area (Å²) < 4.78 is 12.6. The molecule has 98 valence electrons. The summed E-state index contributed by atoms with van der Waals surface area (Å²) in [6.07, 6.45) is 4.85. The third kappa shape index (κ3) is 4.07. The van der Waals surface area contributed by atoms with Crippen LogP contribution in [0.5, 0.6) is 0 Å². The topological polar surface area (TPSA) is 54.0 Å². The Hall–Kier alpha value is -1.49. The molecule has 1 amide bonds. The Labute approximate surface area is 106 Å². The largest absolute Gasteiger partial charge is 0.316 e. The van der Waals surface area contributed by atoms with Gasteiger partial charge in [0, 0.05) is 6.42 Å². The Morgan fingerprint density at radius 1 is 1.56 bits per heavy atom. The molecule has 1 saturated heterocycles. The summed E-state index contributed by atoms with van der Waals surface area (Å²) in [6, 6.07) is 2.75. The van der Waals surface area contributed by atoms with Crippen LogP contribution in [-0.2, 0) is 4.79 Å². The number of nitrogens with one attached hydrogen (secondary N) is 2. The van der Waals surface area contributed by atoms with E-state index in [0.717, 1.165) is 25.7 Å². The molecule has 1 fully saturated rings. The maximum Gasteiger partial charge on any atom is 0.225 e. The van der Waals surface area contributed by atoms with Gasteiger partial charge in [-0.25, -0.2) is 9.37 Å². The van der Waals surface area contributed by atoms with Crippen molar-refractivity contribution in [1.82, 2.24) is 10.3 Å². The number of anilines is 1. The van der Waals surface area contributed by atoms with Crippen LogP contribution in [0.2, 0.25) is 0 Å². The number of aromatic nitrogens is 1. The van der Waals surface area contributed by atoms with Crippen LogP contribution in [-0.4, -0.2) is 24.0 Å². The molecule has 1 aromatic heterocycles. The Balaban J connectivity index is 1.73. The van der Waals surface area contributed by atoms with Crippen molar-refractivity contribution < 1.29 is 9.18 Å². The van der Waals surface area contributed by atoms with E-state index >= 15 is 0 Å². The van der Waals surface area contributed by atoms with Crippen LogP contribution in [0.3, 0.4) is 0 Å². The maximum atomic E-state index is 12.6. The van der Waals surface area contributed by atoms with Crippen molar-refractivity contribution in [2.75, 3.05) is 18.4 Å². The fourth-order valence-electron chi connectivity index (χ4n) is 2.16. The lowest BCUT2D eigenvalue weighted by atomic mass is 9.94. The molecule has 2 rings (SSSR count). The number of carbonyl (C=O) groups excluding carboxylic acids is 1. The minimum atomic E-state index is -0.402. The third-order valence-corrected chi connectivity index (χ3v) is 3.17. The lowest BCUT2D eigenvalue weighted by Gasteiger charge is -2.22. The zero-order valence-corrected chi connectivity index (χ0v) is 10.3. The molecule has 2 N–H and O–H groups in total. The maximum absolute atomic E-state index is 12.6. The lowest BCUT2D eigenvalue weighted by Crippen LogP contribution is -2.30. The van der Waals surface area contributed by atoms with E-state index in [9.17, 15) is 9.18 Å². The van der Waals surface area contributed by atoms with Crippen molar-refractivity contribution in [3.8, 4) is 0 Å². The van der Waals surface area contributed by atoms with Crippen LogP contribution in [0.25, 0.3) is 0 Å². The molecule has 2 heterocycles. The number of halogens is 1. The van der Waals surface area contributed by atoms with Gasteiger partial charge in [0.15, 0.2) is 0 Å². The predicted molar refractivity (Wildman–Crippen MR) is 67.7 cm³/mol. The summed E-state index contributed by atoms with van der Waals surface area (Å²) in [6.45, 7) is 2.09. The number of hydrogen-bond acceptors (Lipinski definition) is 3. The second-order valence-electron chi connectivity index (χ2n) is 4.66. The van der Waals surface area contributed by atoms with Gasteiger partial charge in [-0.05, 0) is 50.4 Å². The van der Waals surface area contributed by atoms with Crippen LogP contribution < -0.4 is 10.6 Å². The smallest absolute Gasteiger partial charge is 0.225 e. The van der Waals surface area contributed by atoms with E-state index in [0.29, 0.717) is 18.2 Å². The highest BCUT2D eigenvalue weighted by Crippen LogP contribution is 2.16. The van der Waals surface area contributed by atoms with Crippen LogP contribution in [0, 0.1) is 11.7 Å². The molecule has 0 aromatic carbocycles. The van der Waals surface area contributed by atoms with Crippen LogP contribution in [0.15, 0.2) is 18.3 Å². The highest BCUT2D eigenvalue weighted by Gasteiger charge is 2.14. The van der Waals surface area contributed by atoms with Crippen molar-refractivity contribution >= 4 is 11.7 Å². The van der Waals surface area contributed by atoms with Crippen molar-refractivity contribution in [3.63, 3.8) is 0 Å². The van der Waals surface area contributed by atoms with Crippen LogP contribution in [0.1, 0.15) is 25.7 Å². The minimum absolute atomic E-state index is 0.0559. The van der Waals surface area contributed by atoms with E-state index in [1.165, 1.54) is 25.0 Å². The fraction of sp³-hybridized carbons (Fsp3) is 0.538. The molecule has 1 atom stereocenters. The molecule has 1 unspecified atom stereocenters. The number of amides is 1. The van der Waals surface area contributed by atoms with E-state index in [-0.39, 0.29) is 5.91 Å². The molecule has 0 bridgehead atoms. The lowest BCUT2D eigenvalue weighted by molar-refractivity contribution is -0.116. The highest BCUT2D eigenvalue weighted by atomic mass is 19.1. The van der Waals surface area contributed by atoms with Crippen LogP contribution >= 0.6 is 0 Å².